The number of nitro groups is 1. The Hall–Kier alpha value is -4.15. The van der Waals surface area contributed by atoms with Crippen molar-refractivity contribution in [2.75, 3.05) is 5.32 Å². The van der Waals surface area contributed by atoms with Gasteiger partial charge in [-0.25, -0.2) is 0 Å². The molecule has 0 aromatic heterocycles. The lowest BCUT2D eigenvalue weighted by atomic mass is 10.1. The Morgan fingerprint density at radius 1 is 1.13 bits per heavy atom. The van der Waals surface area contributed by atoms with Crippen LogP contribution in [0.15, 0.2) is 78.4 Å². The van der Waals surface area contributed by atoms with Gasteiger partial charge in [0.1, 0.15) is 24.0 Å². The molecule has 0 aliphatic carbocycles. The maximum atomic E-state index is 12.4. The van der Waals surface area contributed by atoms with Crippen LogP contribution in [-0.4, -0.2) is 10.8 Å². The highest BCUT2D eigenvalue weighted by atomic mass is 35.5. The molecule has 0 aliphatic heterocycles. The first-order valence-electron chi connectivity index (χ1n) is 9.10. The van der Waals surface area contributed by atoms with Crippen molar-refractivity contribution in [2.24, 2.45) is 0 Å². The molecular formula is C23H16ClN3O4. The number of carbonyl (C=O) groups excluding carboxylic acids is 1. The number of anilines is 1. The molecule has 0 radical (unpaired) electrons. The van der Waals surface area contributed by atoms with Crippen LogP contribution >= 0.6 is 11.6 Å². The first-order chi connectivity index (χ1) is 15.0. The summed E-state index contributed by atoms with van der Waals surface area (Å²) in [6.07, 6.45) is 1.37. The third-order valence-electron chi connectivity index (χ3n) is 4.18. The number of nitrogens with one attached hydrogen (secondary N) is 1. The molecule has 154 valence electrons. The zero-order chi connectivity index (χ0) is 22.2. The SMILES string of the molecule is N#C/C(=C\c1ccc(OCc2ccccc2)c(Cl)c1)C(=O)Nc1cccc([N+](=O)[O-])c1. The molecule has 0 atom stereocenters. The number of ether oxygens (including phenoxy) is 1. The minimum atomic E-state index is -0.691. The largest absolute Gasteiger partial charge is 0.487 e. The quantitative estimate of drug-likeness (QED) is 0.233. The fourth-order valence-electron chi connectivity index (χ4n) is 2.67. The third-order valence-corrected chi connectivity index (χ3v) is 4.48. The third kappa shape index (κ3) is 5.92. The molecular weight excluding hydrogens is 418 g/mol. The summed E-state index contributed by atoms with van der Waals surface area (Å²) in [5.74, 6) is -0.217. The summed E-state index contributed by atoms with van der Waals surface area (Å²) < 4.78 is 5.71. The number of halogens is 1. The average molecular weight is 434 g/mol. The van der Waals surface area contributed by atoms with Crippen molar-refractivity contribution < 1.29 is 14.5 Å². The Kier molecular flexibility index (Phi) is 6.99. The smallest absolute Gasteiger partial charge is 0.271 e. The summed E-state index contributed by atoms with van der Waals surface area (Å²) in [6.45, 7) is 0.352. The van der Waals surface area contributed by atoms with E-state index in [1.807, 2.05) is 36.4 Å². The van der Waals surface area contributed by atoms with E-state index in [1.54, 1.807) is 18.2 Å². The number of hydrogen-bond acceptors (Lipinski definition) is 5. The minimum Gasteiger partial charge on any atom is -0.487 e. The van der Waals surface area contributed by atoms with E-state index in [-0.39, 0.29) is 16.9 Å². The van der Waals surface area contributed by atoms with Gasteiger partial charge in [0, 0.05) is 17.8 Å². The number of hydrogen-bond donors (Lipinski definition) is 1. The highest BCUT2D eigenvalue weighted by Gasteiger charge is 2.13. The lowest BCUT2D eigenvalue weighted by Crippen LogP contribution is -2.13. The van der Waals surface area contributed by atoms with Crippen LogP contribution in [0.5, 0.6) is 5.75 Å². The van der Waals surface area contributed by atoms with Crippen LogP contribution < -0.4 is 10.1 Å². The lowest BCUT2D eigenvalue weighted by molar-refractivity contribution is -0.384. The van der Waals surface area contributed by atoms with E-state index in [0.29, 0.717) is 22.9 Å². The van der Waals surface area contributed by atoms with E-state index in [9.17, 15) is 20.2 Å². The predicted octanol–water partition coefficient (Wildman–Crippen LogP) is 5.37. The van der Waals surface area contributed by atoms with Crippen molar-refractivity contribution in [1.82, 2.24) is 0 Å². The standard InChI is InChI=1S/C23H16ClN3O4/c24-21-12-17(9-10-22(21)31-15-16-5-2-1-3-6-16)11-18(14-25)23(28)26-19-7-4-8-20(13-19)27(29)30/h1-13H,15H2,(H,26,28)/b18-11+. The van der Waals surface area contributed by atoms with E-state index in [1.165, 1.54) is 30.3 Å². The molecule has 7 nitrogen and oxygen atoms in total. The number of carbonyl (C=O) groups is 1. The Labute approximate surface area is 183 Å². The molecule has 0 unspecified atom stereocenters. The number of nitrogens with zero attached hydrogens (tertiary/aromatic N) is 2. The van der Waals surface area contributed by atoms with Crippen LogP contribution in [0.2, 0.25) is 5.02 Å². The highest BCUT2D eigenvalue weighted by molar-refractivity contribution is 6.32. The van der Waals surface area contributed by atoms with Gasteiger partial charge in [0.25, 0.3) is 11.6 Å². The molecule has 31 heavy (non-hydrogen) atoms. The highest BCUT2D eigenvalue weighted by Crippen LogP contribution is 2.27. The van der Waals surface area contributed by atoms with Crippen molar-refractivity contribution in [3.8, 4) is 11.8 Å². The number of non-ortho nitro benzene ring substituents is 1. The molecule has 0 saturated heterocycles. The van der Waals surface area contributed by atoms with Crippen molar-refractivity contribution in [3.05, 3.63) is 105 Å². The van der Waals surface area contributed by atoms with Crippen LogP contribution in [0.4, 0.5) is 11.4 Å². The lowest BCUT2D eigenvalue weighted by Gasteiger charge is -2.09. The van der Waals surface area contributed by atoms with Gasteiger partial charge < -0.3 is 10.1 Å². The summed E-state index contributed by atoms with van der Waals surface area (Å²) in [5, 5.41) is 23.0. The second-order valence-corrected chi connectivity index (χ2v) is 6.80. The number of benzene rings is 3. The molecule has 1 N–H and O–H groups in total. The molecule has 8 heteroatoms. The van der Waals surface area contributed by atoms with Crippen LogP contribution in [-0.2, 0) is 11.4 Å². The Morgan fingerprint density at radius 3 is 2.58 bits per heavy atom. The van der Waals surface area contributed by atoms with Crippen molar-refractivity contribution >= 4 is 35.0 Å². The van der Waals surface area contributed by atoms with Gasteiger partial charge in [0.2, 0.25) is 0 Å². The maximum Gasteiger partial charge on any atom is 0.271 e. The van der Waals surface area contributed by atoms with Crippen LogP contribution in [0.25, 0.3) is 6.08 Å². The molecule has 0 spiro atoms. The molecule has 1 amide bonds. The van der Waals surface area contributed by atoms with Gasteiger partial charge in [-0.2, -0.15) is 5.26 Å². The molecule has 0 saturated carbocycles. The molecule has 3 rings (SSSR count). The van der Waals surface area contributed by atoms with Crippen LogP contribution in [0.1, 0.15) is 11.1 Å². The van der Waals surface area contributed by atoms with Crippen molar-refractivity contribution in [2.45, 2.75) is 6.61 Å². The van der Waals surface area contributed by atoms with Gasteiger partial charge in [-0.3, -0.25) is 14.9 Å². The van der Waals surface area contributed by atoms with E-state index >= 15 is 0 Å². The molecule has 0 bridgehead atoms. The Bertz CT molecular complexity index is 1190. The second-order valence-electron chi connectivity index (χ2n) is 6.40. The van der Waals surface area contributed by atoms with Crippen molar-refractivity contribution in [3.63, 3.8) is 0 Å². The summed E-state index contributed by atoms with van der Waals surface area (Å²) in [6, 6.07) is 21.8. The van der Waals surface area contributed by atoms with Crippen molar-refractivity contribution in [1.29, 1.82) is 5.26 Å². The minimum absolute atomic E-state index is 0.168. The van der Waals surface area contributed by atoms with Gasteiger partial charge in [-0.1, -0.05) is 54.1 Å². The van der Waals surface area contributed by atoms with Gasteiger partial charge in [-0.15, -0.1) is 0 Å². The fourth-order valence-corrected chi connectivity index (χ4v) is 2.91. The zero-order valence-electron chi connectivity index (χ0n) is 16.1. The summed E-state index contributed by atoms with van der Waals surface area (Å²) >= 11 is 6.28. The van der Waals surface area contributed by atoms with Gasteiger partial charge >= 0.3 is 0 Å². The van der Waals surface area contributed by atoms with Gasteiger partial charge in [-0.05, 0) is 35.4 Å². The van der Waals surface area contributed by atoms with Gasteiger partial charge in [0.05, 0.1) is 9.95 Å². The number of rotatable bonds is 7. The van der Waals surface area contributed by atoms with E-state index in [2.05, 4.69) is 5.32 Å². The van der Waals surface area contributed by atoms with Crippen LogP contribution in [0, 0.1) is 21.4 Å². The predicted molar refractivity (Wildman–Crippen MR) is 118 cm³/mol. The average Bonchev–Trinajstić information content (AvgIpc) is 2.77. The van der Waals surface area contributed by atoms with Gasteiger partial charge in [0.15, 0.2) is 0 Å². The summed E-state index contributed by atoms with van der Waals surface area (Å²) in [4.78, 5) is 22.7. The first-order valence-corrected chi connectivity index (χ1v) is 9.48. The topological polar surface area (TPSA) is 105 Å². The zero-order valence-corrected chi connectivity index (χ0v) is 16.9. The van der Waals surface area contributed by atoms with Crippen LogP contribution in [0.3, 0.4) is 0 Å². The molecule has 3 aromatic carbocycles. The maximum absolute atomic E-state index is 12.4. The molecule has 0 fully saturated rings. The molecule has 0 aliphatic rings. The molecule has 3 aromatic rings. The van der Waals surface area contributed by atoms with E-state index in [0.717, 1.165) is 5.56 Å². The fraction of sp³-hybridized carbons (Fsp3) is 0.0435. The second kappa shape index (κ2) is 10.1. The number of nitriles is 1. The Morgan fingerprint density at radius 2 is 1.90 bits per heavy atom. The summed E-state index contributed by atoms with van der Waals surface area (Å²) in [7, 11) is 0. The normalized spacial score (nSPS) is 10.8. The van der Waals surface area contributed by atoms with E-state index < -0.39 is 10.8 Å². The monoisotopic (exact) mass is 433 g/mol. The number of nitro benzene ring substituents is 1. The van der Waals surface area contributed by atoms with E-state index in [4.69, 9.17) is 16.3 Å². The summed E-state index contributed by atoms with van der Waals surface area (Å²) in [5.41, 5.74) is 1.39. The number of amides is 1. The first kappa shape index (κ1) is 21.6. The molecule has 0 heterocycles. The Balaban J connectivity index is 1.72.